The Labute approximate surface area is 306 Å². The minimum Gasteiger partial charge on any atom is -0.480 e. The predicted molar refractivity (Wildman–Crippen MR) is 197 cm³/mol. The van der Waals surface area contributed by atoms with Crippen molar-refractivity contribution in [2.24, 2.45) is 0 Å². The molecule has 0 radical (unpaired) electrons. The summed E-state index contributed by atoms with van der Waals surface area (Å²) < 4.78 is 0. The number of carbonyl (C=O) groups is 5. The number of carbonyl (C=O) groups excluding carboxylic acids is 2. The zero-order valence-electron chi connectivity index (χ0n) is 30.2. The van der Waals surface area contributed by atoms with E-state index in [4.69, 9.17) is 0 Å². The van der Waals surface area contributed by atoms with Crippen LogP contribution < -0.4 is 10.6 Å². The van der Waals surface area contributed by atoms with Crippen LogP contribution in [-0.2, 0) is 29.4 Å². The molecule has 4 rings (SSSR count). The Morgan fingerprint density at radius 3 is 1.33 bits per heavy atom. The van der Waals surface area contributed by atoms with Crippen molar-refractivity contribution in [1.29, 1.82) is 0 Å². The monoisotopic (exact) mass is 721 g/mol. The van der Waals surface area contributed by atoms with Crippen LogP contribution in [0.5, 0.6) is 0 Å². The number of hydrogen-bond acceptors (Lipinski definition) is 8. The maximum Gasteiger partial charge on any atom is 0.317 e. The highest BCUT2D eigenvalue weighted by Crippen LogP contribution is 2.54. The molecule has 1 saturated heterocycles. The molecule has 2 aromatic carbocycles. The lowest BCUT2D eigenvalue weighted by molar-refractivity contribution is -0.141. The fourth-order valence-electron chi connectivity index (χ4n) is 7.70. The number of carboxylic acid groups (broad SMARTS) is 3. The van der Waals surface area contributed by atoms with Gasteiger partial charge in [0.1, 0.15) is 0 Å². The Morgan fingerprint density at radius 1 is 0.538 bits per heavy atom. The summed E-state index contributed by atoms with van der Waals surface area (Å²) in [5, 5.41) is 34.2. The van der Waals surface area contributed by atoms with E-state index in [2.05, 4.69) is 59.2 Å². The molecular formula is C39H55N5O8. The number of carboxylic acids is 3. The second-order valence-electron chi connectivity index (χ2n) is 14.1. The molecule has 52 heavy (non-hydrogen) atoms. The summed E-state index contributed by atoms with van der Waals surface area (Å²) in [5.74, 6) is -3.92. The molecule has 0 saturated carbocycles. The van der Waals surface area contributed by atoms with Crippen LogP contribution in [0.1, 0.15) is 75.3 Å². The lowest BCUT2D eigenvalue weighted by Crippen LogP contribution is -2.47. The maximum absolute atomic E-state index is 12.8. The summed E-state index contributed by atoms with van der Waals surface area (Å²) in [5.41, 5.74) is 5.35. The third-order valence-electron chi connectivity index (χ3n) is 10.2. The van der Waals surface area contributed by atoms with Gasteiger partial charge in [0.2, 0.25) is 11.8 Å². The Kier molecular flexibility index (Phi) is 16.1. The van der Waals surface area contributed by atoms with E-state index < -0.39 is 31.0 Å². The first kappa shape index (κ1) is 40.4. The lowest BCUT2D eigenvalue weighted by atomic mass is 9.70. The summed E-state index contributed by atoms with van der Waals surface area (Å²) >= 11 is 0. The molecule has 2 aliphatic rings. The van der Waals surface area contributed by atoms with Crippen molar-refractivity contribution in [3.05, 3.63) is 59.7 Å². The quantitative estimate of drug-likeness (QED) is 0.296. The second-order valence-corrected chi connectivity index (χ2v) is 14.1. The number of nitrogens with zero attached hydrogens (tertiary/aromatic N) is 3. The summed E-state index contributed by atoms with van der Waals surface area (Å²) in [4.78, 5) is 64.9. The molecule has 1 heterocycles. The Bertz CT molecular complexity index is 1410. The number of amides is 2. The van der Waals surface area contributed by atoms with E-state index in [1.165, 1.54) is 32.1 Å². The lowest BCUT2D eigenvalue weighted by Gasteiger charge is -2.33. The topological polar surface area (TPSA) is 180 Å². The number of rotatable bonds is 6. The van der Waals surface area contributed by atoms with Crippen LogP contribution in [0.2, 0.25) is 0 Å². The first-order chi connectivity index (χ1) is 25.1. The van der Waals surface area contributed by atoms with Crippen molar-refractivity contribution in [3.63, 3.8) is 0 Å². The highest BCUT2D eigenvalue weighted by molar-refractivity contribution is 5.81. The predicted octanol–water partition coefficient (Wildman–Crippen LogP) is 3.26. The molecule has 2 amide bonds. The summed E-state index contributed by atoms with van der Waals surface area (Å²) in [6.07, 6.45) is 9.70. The van der Waals surface area contributed by atoms with E-state index >= 15 is 0 Å². The zero-order valence-corrected chi connectivity index (χ0v) is 30.2. The van der Waals surface area contributed by atoms with Gasteiger partial charge in [0.25, 0.3) is 0 Å². The van der Waals surface area contributed by atoms with Crippen LogP contribution in [0, 0.1) is 0 Å². The number of benzene rings is 2. The van der Waals surface area contributed by atoms with Crippen molar-refractivity contribution in [3.8, 4) is 11.1 Å². The number of nitrogens with one attached hydrogen (secondary N) is 2. The fraction of sp³-hybridized carbons (Fsp3) is 0.564. The van der Waals surface area contributed by atoms with Gasteiger partial charge in [-0.2, -0.15) is 0 Å². The van der Waals surface area contributed by atoms with E-state index in [1.54, 1.807) is 4.90 Å². The van der Waals surface area contributed by atoms with Crippen molar-refractivity contribution >= 4 is 29.7 Å². The molecular weight excluding hydrogens is 666 g/mol. The number of hydrogen-bond donors (Lipinski definition) is 5. The third kappa shape index (κ3) is 12.4. The van der Waals surface area contributed by atoms with Gasteiger partial charge in [-0.1, -0.05) is 87.1 Å². The van der Waals surface area contributed by atoms with Gasteiger partial charge in [0.05, 0.1) is 32.7 Å². The van der Waals surface area contributed by atoms with Crippen LogP contribution in [-0.4, -0.2) is 132 Å². The Balaban J connectivity index is 1.45. The van der Waals surface area contributed by atoms with Gasteiger partial charge in [0.15, 0.2) is 0 Å². The van der Waals surface area contributed by atoms with Gasteiger partial charge >= 0.3 is 17.9 Å². The molecule has 0 aromatic heterocycles. The van der Waals surface area contributed by atoms with Crippen LogP contribution >= 0.6 is 0 Å². The van der Waals surface area contributed by atoms with E-state index in [1.807, 2.05) is 0 Å². The largest absolute Gasteiger partial charge is 0.480 e. The van der Waals surface area contributed by atoms with Crippen LogP contribution in [0.4, 0.5) is 0 Å². The standard InChI is InChI=1S/C39H55N5O8/c45-34-25-43(28-37(49)50)23-21-42(27-36(47)48)22-24-44(29-38(51)52)26-35(46)41-20-12-4-2-10-18-39(17-9-1-3-11-19-40-34)32-15-7-5-13-30(32)31-14-6-8-16-33(31)39/h5-8,13-16H,1-4,9-12,17-29H2,(H,40,45)(H,41,46)(H,47,48)(H,49,50)(H,51,52). The van der Waals surface area contributed by atoms with E-state index in [0.29, 0.717) is 13.1 Å². The second kappa shape index (κ2) is 20.6. The normalized spacial score (nSPS) is 19.9. The minimum absolute atomic E-state index is 0.0676. The first-order valence-corrected chi connectivity index (χ1v) is 18.6. The third-order valence-corrected chi connectivity index (χ3v) is 10.2. The minimum atomic E-state index is -1.11. The molecule has 1 fully saturated rings. The van der Waals surface area contributed by atoms with Crippen molar-refractivity contribution in [1.82, 2.24) is 25.3 Å². The smallest absolute Gasteiger partial charge is 0.317 e. The van der Waals surface area contributed by atoms with Gasteiger partial charge in [-0.3, -0.25) is 38.7 Å². The van der Waals surface area contributed by atoms with Crippen molar-refractivity contribution < 1.29 is 39.3 Å². The zero-order chi connectivity index (χ0) is 37.3. The summed E-state index contributed by atoms with van der Waals surface area (Å²) in [7, 11) is 0. The molecule has 13 heteroatoms. The molecule has 1 aliphatic heterocycles. The first-order valence-electron chi connectivity index (χ1n) is 18.6. The number of aliphatic carboxylic acids is 3. The van der Waals surface area contributed by atoms with Crippen LogP contribution in [0.15, 0.2) is 48.5 Å². The molecule has 13 nitrogen and oxygen atoms in total. The Morgan fingerprint density at radius 2 is 0.904 bits per heavy atom. The van der Waals surface area contributed by atoms with E-state index in [0.717, 1.165) is 64.2 Å². The van der Waals surface area contributed by atoms with Crippen molar-refractivity contribution in [2.75, 3.05) is 72.0 Å². The summed E-state index contributed by atoms with van der Waals surface area (Å²) in [6.45, 7) is -0.00158. The molecule has 0 unspecified atom stereocenters. The van der Waals surface area contributed by atoms with Crippen LogP contribution in [0.25, 0.3) is 11.1 Å². The van der Waals surface area contributed by atoms with Crippen molar-refractivity contribution in [2.45, 2.75) is 69.6 Å². The molecule has 5 N–H and O–H groups in total. The van der Waals surface area contributed by atoms with Gasteiger partial charge in [-0.25, -0.2) is 0 Å². The van der Waals surface area contributed by atoms with Gasteiger partial charge in [0, 0.05) is 44.7 Å². The fourth-order valence-corrected chi connectivity index (χ4v) is 7.70. The SMILES string of the molecule is O=C(O)CN1CCN(CC(=O)O)CC(=O)NCCCCCCC2(CCCCCCNC(=O)CN(CC(=O)O)CC1)c1ccccc1-c1ccccc12. The van der Waals surface area contributed by atoms with E-state index in [-0.39, 0.29) is 63.0 Å². The van der Waals surface area contributed by atoms with Gasteiger partial charge in [-0.05, 0) is 47.9 Å². The molecule has 284 valence electrons. The van der Waals surface area contributed by atoms with Gasteiger partial charge < -0.3 is 26.0 Å². The van der Waals surface area contributed by atoms with Crippen LogP contribution in [0.3, 0.4) is 0 Å². The average Bonchev–Trinajstić information content (AvgIpc) is 3.37. The average molecular weight is 722 g/mol. The van der Waals surface area contributed by atoms with Gasteiger partial charge in [-0.15, -0.1) is 0 Å². The molecule has 0 atom stereocenters. The summed E-state index contributed by atoms with van der Waals surface area (Å²) in [6, 6.07) is 17.5. The highest BCUT2D eigenvalue weighted by Gasteiger charge is 2.41. The highest BCUT2D eigenvalue weighted by atomic mass is 16.4. The van der Waals surface area contributed by atoms with E-state index in [9.17, 15) is 39.3 Å². The number of fused-ring (bicyclic) bond motifs is 5. The molecule has 1 spiro atoms. The molecule has 1 aliphatic carbocycles. The molecule has 2 aromatic rings. The molecule has 0 bridgehead atoms. The Hall–Kier alpha value is -4.33. The maximum atomic E-state index is 12.8.